The summed E-state index contributed by atoms with van der Waals surface area (Å²) in [7, 11) is 0. The molecule has 4 heteroatoms. The van der Waals surface area contributed by atoms with Crippen LogP contribution < -0.4 is 10.6 Å². The minimum atomic E-state index is -0.175. The number of carbonyl (C=O) groups is 1. The van der Waals surface area contributed by atoms with E-state index >= 15 is 0 Å². The SMILES string of the molecule is CCCCC1CCC(NC(=O)NC(C)CO)CC1. The van der Waals surface area contributed by atoms with Crippen molar-refractivity contribution in [3.63, 3.8) is 0 Å². The second-order valence-electron chi connectivity index (χ2n) is 5.56. The molecule has 1 atom stereocenters. The summed E-state index contributed by atoms with van der Waals surface area (Å²) in [6, 6.07) is -0.00628. The lowest BCUT2D eigenvalue weighted by Crippen LogP contribution is -2.47. The third kappa shape index (κ3) is 5.71. The number of hydrogen-bond donors (Lipinski definition) is 3. The van der Waals surface area contributed by atoms with Crippen molar-refractivity contribution in [2.45, 2.75) is 70.9 Å². The average Bonchev–Trinajstić information content (AvgIpc) is 2.37. The molecule has 0 spiro atoms. The standard InChI is InChI=1S/C14H28N2O2/c1-3-4-5-12-6-8-13(9-7-12)16-14(18)15-11(2)10-17/h11-13,17H,3-10H2,1-2H3,(H2,15,16,18). The molecular formula is C14H28N2O2. The highest BCUT2D eigenvalue weighted by Crippen LogP contribution is 2.28. The Hall–Kier alpha value is -0.770. The van der Waals surface area contributed by atoms with Crippen molar-refractivity contribution in [2.24, 2.45) is 5.92 Å². The lowest BCUT2D eigenvalue weighted by Gasteiger charge is -2.29. The Kier molecular flexibility index (Phi) is 7.09. The van der Waals surface area contributed by atoms with Gasteiger partial charge in [0.15, 0.2) is 0 Å². The molecule has 1 aliphatic rings. The average molecular weight is 256 g/mol. The molecule has 1 aliphatic carbocycles. The van der Waals surface area contributed by atoms with Gasteiger partial charge < -0.3 is 15.7 Å². The molecule has 0 saturated heterocycles. The largest absolute Gasteiger partial charge is 0.394 e. The zero-order valence-corrected chi connectivity index (χ0v) is 11.7. The van der Waals surface area contributed by atoms with Gasteiger partial charge in [0.05, 0.1) is 12.6 Å². The van der Waals surface area contributed by atoms with Crippen molar-refractivity contribution < 1.29 is 9.90 Å². The van der Waals surface area contributed by atoms with Crippen LogP contribution >= 0.6 is 0 Å². The molecular weight excluding hydrogens is 228 g/mol. The van der Waals surface area contributed by atoms with Crippen LogP contribution in [0.5, 0.6) is 0 Å². The molecule has 0 radical (unpaired) electrons. The van der Waals surface area contributed by atoms with Crippen molar-refractivity contribution in [3.8, 4) is 0 Å². The van der Waals surface area contributed by atoms with E-state index in [-0.39, 0.29) is 18.7 Å². The maximum absolute atomic E-state index is 11.6. The molecule has 106 valence electrons. The Morgan fingerprint density at radius 2 is 2.00 bits per heavy atom. The van der Waals surface area contributed by atoms with Gasteiger partial charge in [0.25, 0.3) is 0 Å². The van der Waals surface area contributed by atoms with Gasteiger partial charge >= 0.3 is 6.03 Å². The van der Waals surface area contributed by atoms with E-state index in [4.69, 9.17) is 5.11 Å². The van der Waals surface area contributed by atoms with Gasteiger partial charge in [-0.3, -0.25) is 0 Å². The summed E-state index contributed by atoms with van der Waals surface area (Å²) in [6.07, 6.45) is 8.61. The van der Waals surface area contributed by atoms with E-state index in [2.05, 4.69) is 17.6 Å². The Labute approximate surface area is 111 Å². The molecule has 0 aliphatic heterocycles. The lowest BCUT2D eigenvalue weighted by molar-refractivity contribution is 0.209. The fourth-order valence-electron chi connectivity index (χ4n) is 2.58. The number of unbranched alkanes of at least 4 members (excludes halogenated alkanes) is 1. The number of aliphatic hydroxyl groups excluding tert-OH is 1. The Morgan fingerprint density at radius 3 is 2.56 bits per heavy atom. The molecule has 0 aromatic carbocycles. The molecule has 2 amide bonds. The van der Waals surface area contributed by atoms with Crippen LogP contribution in [0, 0.1) is 5.92 Å². The monoisotopic (exact) mass is 256 g/mol. The van der Waals surface area contributed by atoms with Crippen LogP contribution in [0.3, 0.4) is 0 Å². The van der Waals surface area contributed by atoms with Gasteiger partial charge in [0, 0.05) is 6.04 Å². The molecule has 0 aromatic heterocycles. The predicted molar refractivity (Wildman–Crippen MR) is 73.5 cm³/mol. The van der Waals surface area contributed by atoms with Gasteiger partial charge in [-0.2, -0.15) is 0 Å². The van der Waals surface area contributed by atoms with E-state index < -0.39 is 0 Å². The highest BCUT2D eigenvalue weighted by molar-refractivity contribution is 5.74. The molecule has 18 heavy (non-hydrogen) atoms. The van der Waals surface area contributed by atoms with E-state index in [0.717, 1.165) is 18.8 Å². The molecule has 1 fully saturated rings. The maximum Gasteiger partial charge on any atom is 0.315 e. The highest BCUT2D eigenvalue weighted by atomic mass is 16.3. The van der Waals surface area contributed by atoms with E-state index in [1.165, 1.54) is 32.1 Å². The number of amides is 2. The molecule has 1 saturated carbocycles. The van der Waals surface area contributed by atoms with Crippen molar-refractivity contribution in [1.29, 1.82) is 0 Å². The Balaban J connectivity index is 2.16. The summed E-state index contributed by atoms with van der Waals surface area (Å²) in [4.78, 5) is 11.6. The number of carbonyl (C=O) groups excluding carboxylic acids is 1. The summed E-state index contributed by atoms with van der Waals surface area (Å²) in [6.45, 7) is 4.01. The first-order chi connectivity index (χ1) is 8.65. The number of hydrogen-bond acceptors (Lipinski definition) is 2. The van der Waals surface area contributed by atoms with Gasteiger partial charge in [0.1, 0.15) is 0 Å². The number of aliphatic hydroxyl groups is 1. The topological polar surface area (TPSA) is 61.4 Å². The lowest BCUT2D eigenvalue weighted by atomic mass is 9.83. The van der Waals surface area contributed by atoms with Crippen LogP contribution in [0.2, 0.25) is 0 Å². The number of urea groups is 1. The summed E-state index contributed by atoms with van der Waals surface area (Å²) < 4.78 is 0. The van der Waals surface area contributed by atoms with Crippen LogP contribution in [0.1, 0.15) is 58.8 Å². The van der Waals surface area contributed by atoms with Gasteiger partial charge in [0.2, 0.25) is 0 Å². The van der Waals surface area contributed by atoms with E-state index in [1.807, 2.05) is 0 Å². The normalized spacial score (nSPS) is 25.5. The summed E-state index contributed by atoms with van der Waals surface area (Å²) in [5.74, 6) is 0.863. The molecule has 1 unspecified atom stereocenters. The van der Waals surface area contributed by atoms with Crippen LogP contribution in [-0.2, 0) is 0 Å². The van der Waals surface area contributed by atoms with E-state index in [9.17, 15) is 4.79 Å². The molecule has 0 bridgehead atoms. The predicted octanol–water partition coefficient (Wildman–Crippen LogP) is 2.42. The summed E-state index contributed by atoms with van der Waals surface area (Å²) in [5, 5.41) is 14.6. The maximum atomic E-state index is 11.6. The third-order valence-corrected chi connectivity index (χ3v) is 3.80. The van der Waals surface area contributed by atoms with Crippen LogP contribution in [-0.4, -0.2) is 29.8 Å². The van der Waals surface area contributed by atoms with Gasteiger partial charge in [-0.05, 0) is 38.5 Å². The fraction of sp³-hybridized carbons (Fsp3) is 0.929. The zero-order valence-electron chi connectivity index (χ0n) is 11.7. The smallest absolute Gasteiger partial charge is 0.315 e. The Bertz CT molecular complexity index is 238. The molecule has 3 N–H and O–H groups in total. The second kappa shape index (κ2) is 8.35. The van der Waals surface area contributed by atoms with Crippen molar-refractivity contribution in [3.05, 3.63) is 0 Å². The van der Waals surface area contributed by atoms with Crippen molar-refractivity contribution in [1.82, 2.24) is 10.6 Å². The summed E-state index contributed by atoms with van der Waals surface area (Å²) in [5.41, 5.74) is 0. The van der Waals surface area contributed by atoms with Crippen molar-refractivity contribution >= 4 is 6.03 Å². The quantitative estimate of drug-likeness (QED) is 0.683. The van der Waals surface area contributed by atoms with Crippen LogP contribution in [0.4, 0.5) is 4.79 Å². The Morgan fingerprint density at radius 1 is 1.33 bits per heavy atom. The van der Waals surface area contributed by atoms with Crippen LogP contribution in [0.15, 0.2) is 0 Å². The number of rotatable bonds is 6. The fourth-order valence-corrected chi connectivity index (χ4v) is 2.58. The van der Waals surface area contributed by atoms with Crippen LogP contribution in [0.25, 0.3) is 0 Å². The molecule has 0 heterocycles. The first-order valence-electron chi connectivity index (χ1n) is 7.33. The molecule has 1 rings (SSSR count). The molecule has 4 nitrogen and oxygen atoms in total. The van der Waals surface area contributed by atoms with E-state index in [1.54, 1.807) is 6.92 Å². The zero-order chi connectivity index (χ0) is 13.4. The minimum absolute atomic E-state index is 0.0167. The first kappa shape index (κ1) is 15.3. The van der Waals surface area contributed by atoms with Crippen molar-refractivity contribution in [2.75, 3.05) is 6.61 Å². The minimum Gasteiger partial charge on any atom is -0.394 e. The van der Waals surface area contributed by atoms with E-state index in [0.29, 0.717) is 6.04 Å². The van der Waals surface area contributed by atoms with Gasteiger partial charge in [-0.15, -0.1) is 0 Å². The number of nitrogens with one attached hydrogen (secondary N) is 2. The van der Waals surface area contributed by atoms with Gasteiger partial charge in [-0.1, -0.05) is 26.2 Å². The third-order valence-electron chi connectivity index (χ3n) is 3.80. The summed E-state index contributed by atoms with van der Waals surface area (Å²) >= 11 is 0. The highest BCUT2D eigenvalue weighted by Gasteiger charge is 2.22. The first-order valence-corrected chi connectivity index (χ1v) is 7.33. The second-order valence-corrected chi connectivity index (χ2v) is 5.56. The molecule has 0 aromatic rings. The van der Waals surface area contributed by atoms with Gasteiger partial charge in [-0.25, -0.2) is 4.79 Å².